The summed E-state index contributed by atoms with van der Waals surface area (Å²) in [5, 5.41) is 12.4. The molecular weight excluding hydrogens is 324 g/mol. The molecule has 0 radical (unpaired) electrons. The summed E-state index contributed by atoms with van der Waals surface area (Å²) in [5.41, 5.74) is 1.31. The third-order valence-corrected chi connectivity index (χ3v) is 3.89. The van der Waals surface area contributed by atoms with E-state index in [0.29, 0.717) is 6.54 Å². The number of amides is 2. The molecule has 1 fully saturated rings. The van der Waals surface area contributed by atoms with Crippen LogP contribution in [-0.2, 0) is 4.74 Å². The molecule has 0 aliphatic carbocycles. The Morgan fingerprint density at radius 2 is 2.20 bits per heavy atom. The molecule has 0 aromatic heterocycles. The van der Waals surface area contributed by atoms with Crippen LogP contribution in [0, 0.1) is 0 Å². The number of likely N-dealkylation sites (tertiary alicyclic amines) is 1. The molecule has 7 nitrogen and oxygen atoms in total. The van der Waals surface area contributed by atoms with Gasteiger partial charge in [0, 0.05) is 18.7 Å². The molecule has 1 aliphatic heterocycles. The molecule has 25 heavy (non-hydrogen) atoms. The number of anilines is 1. The van der Waals surface area contributed by atoms with E-state index in [4.69, 9.17) is 9.47 Å². The number of ether oxygens (including phenoxy) is 2. The quantitative estimate of drug-likeness (QED) is 0.800. The van der Waals surface area contributed by atoms with Gasteiger partial charge in [-0.05, 0) is 19.4 Å². The predicted octanol–water partition coefficient (Wildman–Crippen LogP) is 2.93. The fourth-order valence-electron chi connectivity index (χ4n) is 2.71. The lowest BCUT2D eigenvalue weighted by Crippen LogP contribution is -2.34. The zero-order valence-electron chi connectivity index (χ0n) is 14.4. The summed E-state index contributed by atoms with van der Waals surface area (Å²) in [6.07, 6.45) is 1.40. The van der Waals surface area contributed by atoms with E-state index in [9.17, 15) is 14.7 Å². The van der Waals surface area contributed by atoms with E-state index in [1.54, 1.807) is 4.90 Å². The third kappa shape index (κ3) is 4.12. The van der Waals surface area contributed by atoms with Crippen LogP contribution in [0.15, 0.2) is 36.9 Å². The van der Waals surface area contributed by atoms with E-state index in [1.165, 1.54) is 25.3 Å². The summed E-state index contributed by atoms with van der Waals surface area (Å²) < 4.78 is 9.95. The molecule has 0 saturated carbocycles. The zero-order valence-corrected chi connectivity index (χ0v) is 14.4. The highest BCUT2D eigenvalue weighted by Gasteiger charge is 2.30. The van der Waals surface area contributed by atoms with E-state index in [-0.39, 0.29) is 41.3 Å². The Morgan fingerprint density at radius 1 is 1.48 bits per heavy atom. The van der Waals surface area contributed by atoms with Crippen molar-refractivity contribution in [2.45, 2.75) is 19.4 Å². The second kappa shape index (κ2) is 7.74. The highest BCUT2D eigenvalue weighted by atomic mass is 16.5. The van der Waals surface area contributed by atoms with Gasteiger partial charge in [-0.3, -0.25) is 10.1 Å². The van der Waals surface area contributed by atoms with Crippen LogP contribution in [0.1, 0.15) is 23.7 Å². The lowest BCUT2D eigenvalue weighted by Gasteiger charge is -2.23. The summed E-state index contributed by atoms with van der Waals surface area (Å²) in [6.45, 7) is 9.79. The molecule has 0 unspecified atom stereocenters. The van der Waals surface area contributed by atoms with Crippen LogP contribution in [0.5, 0.6) is 11.5 Å². The Morgan fingerprint density at radius 3 is 2.76 bits per heavy atom. The minimum atomic E-state index is -0.752. The molecule has 0 spiro atoms. The minimum Gasteiger partial charge on any atom is -0.504 e. The highest BCUT2D eigenvalue weighted by Crippen LogP contribution is 2.34. The normalized spacial score (nSPS) is 16.5. The fraction of sp³-hybridized carbons (Fsp3) is 0.333. The van der Waals surface area contributed by atoms with Crippen molar-refractivity contribution in [3.8, 4) is 11.5 Å². The topological polar surface area (TPSA) is 88.1 Å². The van der Waals surface area contributed by atoms with Gasteiger partial charge in [0.1, 0.15) is 6.61 Å². The molecule has 1 aromatic rings. The number of nitrogens with zero attached hydrogens (tertiary/aromatic N) is 1. The number of benzene rings is 1. The SMILES string of the molecule is C=CCOC(=O)Nc1cc(O)c(OC)cc1C(=O)N1CC(=C)C[C@H]1C. The summed E-state index contributed by atoms with van der Waals surface area (Å²) in [7, 11) is 1.38. The average molecular weight is 346 g/mol. The monoisotopic (exact) mass is 346 g/mol. The maximum absolute atomic E-state index is 12.9. The van der Waals surface area contributed by atoms with Crippen LogP contribution >= 0.6 is 0 Å². The van der Waals surface area contributed by atoms with Gasteiger partial charge in [0.15, 0.2) is 11.5 Å². The van der Waals surface area contributed by atoms with Gasteiger partial charge >= 0.3 is 6.09 Å². The Labute approximate surface area is 146 Å². The molecule has 0 bridgehead atoms. The molecule has 2 rings (SSSR count). The summed E-state index contributed by atoms with van der Waals surface area (Å²) in [4.78, 5) is 26.4. The number of hydrogen-bond donors (Lipinski definition) is 2. The number of phenols is 1. The van der Waals surface area contributed by atoms with Gasteiger partial charge in [-0.25, -0.2) is 4.79 Å². The van der Waals surface area contributed by atoms with E-state index >= 15 is 0 Å². The lowest BCUT2D eigenvalue weighted by molar-refractivity contribution is 0.0751. The molecule has 2 N–H and O–H groups in total. The molecule has 1 aliphatic rings. The number of aromatic hydroxyl groups is 1. The fourth-order valence-corrected chi connectivity index (χ4v) is 2.71. The van der Waals surface area contributed by atoms with Crippen molar-refractivity contribution in [2.75, 3.05) is 25.6 Å². The largest absolute Gasteiger partial charge is 0.504 e. The molecule has 1 aromatic carbocycles. The first-order chi connectivity index (χ1) is 11.9. The maximum atomic E-state index is 12.9. The molecule has 1 heterocycles. The molecular formula is C18H22N2O5. The minimum absolute atomic E-state index is 0.000338. The van der Waals surface area contributed by atoms with Crippen LogP contribution < -0.4 is 10.1 Å². The maximum Gasteiger partial charge on any atom is 0.411 e. The van der Waals surface area contributed by atoms with E-state index in [1.807, 2.05) is 6.92 Å². The number of carbonyl (C=O) groups is 2. The van der Waals surface area contributed by atoms with Crippen molar-refractivity contribution < 1.29 is 24.2 Å². The smallest absolute Gasteiger partial charge is 0.411 e. The van der Waals surface area contributed by atoms with E-state index in [2.05, 4.69) is 18.5 Å². The standard InChI is InChI=1S/C18H22N2O5/c1-5-6-25-18(23)19-14-9-15(21)16(24-4)8-13(14)17(22)20-10-11(2)7-12(20)3/h5,8-9,12,21H,1-2,6-7,10H2,3-4H3,(H,19,23)/t12-/m1/s1. The molecule has 1 saturated heterocycles. The molecule has 1 atom stereocenters. The summed E-state index contributed by atoms with van der Waals surface area (Å²) in [6, 6.07) is 2.66. The number of rotatable bonds is 5. The second-order valence-corrected chi connectivity index (χ2v) is 5.82. The van der Waals surface area contributed by atoms with E-state index < -0.39 is 6.09 Å². The van der Waals surface area contributed by atoms with Crippen LogP contribution in [0.2, 0.25) is 0 Å². The Hall–Kier alpha value is -2.96. The lowest BCUT2D eigenvalue weighted by atomic mass is 10.1. The van der Waals surface area contributed by atoms with Gasteiger partial charge in [0.2, 0.25) is 0 Å². The number of nitrogens with one attached hydrogen (secondary N) is 1. The van der Waals surface area contributed by atoms with Gasteiger partial charge < -0.3 is 19.5 Å². The van der Waals surface area contributed by atoms with Crippen molar-refractivity contribution in [1.29, 1.82) is 0 Å². The van der Waals surface area contributed by atoms with Crippen LogP contribution in [0.25, 0.3) is 0 Å². The van der Waals surface area contributed by atoms with Crippen molar-refractivity contribution in [1.82, 2.24) is 4.90 Å². The molecule has 7 heteroatoms. The third-order valence-electron chi connectivity index (χ3n) is 3.89. The van der Waals surface area contributed by atoms with Crippen molar-refractivity contribution in [3.05, 3.63) is 42.5 Å². The first-order valence-corrected chi connectivity index (χ1v) is 7.80. The molecule has 134 valence electrons. The predicted molar refractivity (Wildman–Crippen MR) is 94.1 cm³/mol. The van der Waals surface area contributed by atoms with Crippen molar-refractivity contribution in [3.63, 3.8) is 0 Å². The van der Waals surface area contributed by atoms with Gasteiger partial charge in [-0.2, -0.15) is 0 Å². The van der Waals surface area contributed by atoms with Crippen LogP contribution in [0.4, 0.5) is 10.5 Å². The first kappa shape index (κ1) is 18.4. The Kier molecular flexibility index (Phi) is 5.69. The van der Waals surface area contributed by atoms with Gasteiger partial charge in [0.05, 0.1) is 18.4 Å². The Balaban J connectivity index is 2.36. The number of methoxy groups -OCH3 is 1. The molecule has 2 amide bonds. The summed E-state index contributed by atoms with van der Waals surface area (Å²) >= 11 is 0. The Bertz CT molecular complexity index is 714. The van der Waals surface area contributed by atoms with E-state index in [0.717, 1.165) is 12.0 Å². The van der Waals surface area contributed by atoms with Crippen LogP contribution in [0.3, 0.4) is 0 Å². The van der Waals surface area contributed by atoms with Gasteiger partial charge in [-0.1, -0.05) is 24.8 Å². The van der Waals surface area contributed by atoms with Gasteiger partial charge in [0.25, 0.3) is 5.91 Å². The average Bonchev–Trinajstić information content (AvgIpc) is 2.91. The first-order valence-electron chi connectivity index (χ1n) is 7.80. The number of hydrogen-bond acceptors (Lipinski definition) is 5. The van der Waals surface area contributed by atoms with Crippen molar-refractivity contribution >= 4 is 17.7 Å². The second-order valence-electron chi connectivity index (χ2n) is 5.82. The number of phenolic OH excluding ortho intramolecular Hbond substituents is 1. The number of carbonyl (C=O) groups excluding carboxylic acids is 2. The summed E-state index contributed by atoms with van der Waals surface area (Å²) in [5.74, 6) is -0.348. The van der Waals surface area contributed by atoms with Crippen LogP contribution in [-0.4, -0.2) is 48.3 Å². The van der Waals surface area contributed by atoms with Gasteiger partial charge in [-0.15, -0.1) is 0 Å². The zero-order chi connectivity index (χ0) is 18.6. The highest BCUT2D eigenvalue weighted by molar-refractivity contribution is 6.04. The van der Waals surface area contributed by atoms with Crippen molar-refractivity contribution in [2.24, 2.45) is 0 Å².